The lowest BCUT2D eigenvalue weighted by Gasteiger charge is -2.07. The molecule has 29 heavy (non-hydrogen) atoms. The van der Waals surface area contributed by atoms with Gasteiger partial charge in [-0.25, -0.2) is 5.43 Å². The van der Waals surface area contributed by atoms with E-state index >= 15 is 0 Å². The van der Waals surface area contributed by atoms with Gasteiger partial charge in [0.15, 0.2) is 11.5 Å². The Morgan fingerprint density at radius 2 is 2.00 bits per heavy atom. The number of methoxy groups -OCH3 is 1. The number of hydrazone groups is 1. The largest absolute Gasteiger partial charge is 0.504 e. The molecule has 0 aliphatic carbocycles. The number of carbonyl (C=O) groups is 1. The van der Waals surface area contributed by atoms with Gasteiger partial charge in [0.25, 0.3) is 5.91 Å². The maximum absolute atomic E-state index is 12.4. The monoisotopic (exact) mass is 394 g/mol. The maximum Gasteiger partial charge on any atom is 0.289 e. The molecule has 0 aliphatic rings. The molecule has 1 aromatic heterocycles. The van der Waals surface area contributed by atoms with E-state index < -0.39 is 5.91 Å². The summed E-state index contributed by atoms with van der Waals surface area (Å²) in [5.41, 5.74) is 5.42. The Hall–Kier alpha value is -3.81. The molecule has 0 spiro atoms. The fraction of sp³-hybridized carbons (Fsp3) is 0.190. The lowest BCUT2D eigenvalue weighted by atomic mass is 10.1. The molecule has 2 aromatic carbocycles. The van der Waals surface area contributed by atoms with Gasteiger partial charge in [-0.15, -0.1) is 0 Å². The molecule has 0 bridgehead atoms. The number of phenolic OH excluding ortho intramolecular Hbond substituents is 1. The van der Waals surface area contributed by atoms with Crippen molar-refractivity contribution >= 4 is 11.6 Å². The molecule has 3 aromatic rings. The summed E-state index contributed by atoms with van der Waals surface area (Å²) in [6.45, 7) is 4.18. The molecule has 0 saturated heterocycles. The number of carbonyl (C=O) groups excluding carboxylic acids is 1. The summed E-state index contributed by atoms with van der Waals surface area (Å²) in [5.74, 6) is 0.631. The van der Waals surface area contributed by atoms with Gasteiger partial charge in [-0.1, -0.05) is 12.1 Å². The van der Waals surface area contributed by atoms with Gasteiger partial charge >= 0.3 is 0 Å². The minimum atomic E-state index is -0.428. The SMILES string of the molecule is CCOc1ccccc1-c1cc(C(=O)N/N=C(\C)c2ccc(O)c(OC)c2)[nH]n1. The van der Waals surface area contributed by atoms with E-state index in [1.54, 1.807) is 25.1 Å². The lowest BCUT2D eigenvalue weighted by Crippen LogP contribution is -2.19. The van der Waals surface area contributed by atoms with Crippen LogP contribution in [0.25, 0.3) is 11.3 Å². The second-order valence-corrected chi connectivity index (χ2v) is 6.12. The van der Waals surface area contributed by atoms with Crippen molar-refractivity contribution in [2.24, 2.45) is 5.10 Å². The Morgan fingerprint density at radius 1 is 1.21 bits per heavy atom. The average Bonchev–Trinajstić information content (AvgIpc) is 3.23. The molecule has 1 heterocycles. The van der Waals surface area contributed by atoms with Crippen molar-refractivity contribution in [3.63, 3.8) is 0 Å². The van der Waals surface area contributed by atoms with E-state index in [1.165, 1.54) is 13.2 Å². The van der Waals surface area contributed by atoms with E-state index in [9.17, 15) is 9.90 Å². The Kier molecular flexibility index (Phi) is 6.13. The predicted octanol–water partition coefficient (Wildman–Crippen LogP) is 3.34. The number of benzene rings is 2. The number of nitrogens with one attached hydrogen (secondary N) is 2. The van der Waals surface area contributed by atoms with Crippen molar-refractivity contribution in [1.29, 1.82) is 0 Å². The molecule has 150 valence electrons. The molecule has 3 N–H and O–H groups in total. The van der Waals surface area contributed by atoms with Crippen LogP contribution in [0, 0.1) is 0 Å². The summed E-state index contributed by atoms with van der Waals surface area (Å²) in [6, 6.07) is 14.0. The first-order valence-electron chi connectivity index (χ1n) is 9.03. The third-order valence-electron chi connectivity index (χ3n) is 4.21. The summed E-state index contributed by atoms with van der Waals surface area (Å²) in [6.07, 6.45) is 0. The number of para-hydroxylation sites is 1. The van der Waals surface area contributed by atoms with Crippen LogP contribution in [-0.2, 0) is 0 Å². The van der Waals surface area contributed by atoms with Gasteiger partial charge < -0.3 is 14.6 Å². The third-order valence-corrected chi connectivity index (χ3v) is 4.21. The Balaban J connectivity index is 1.75. The molecule has 0 unspecified atom stereocenters. The van der Waals surface area contributed by atoms with Crippen LogP contribution in [0.3, 0.4) is 0 Å². The Morgan fingerprint density at radius 3 is 2.76 bits per heavy atom. The van der Waals surface area contributed by atoms with Crippen LogP contribution in [0.15, 0.2) is 53.6 Å². The van der Waals surface area contributed by atoms with Crippen LogP contribution in [0.4, 0.5) is 0 Å². The van der Waals surface area contributed by atoms with E-state index in [0.29, 0.717) is 35.1 Å². The number of hydrogen-bond donors (Lipinski definition) is 3. The molecule has 8 heteroatoms. The first kappa shape index (κ1) is 19.9. The minimum absolute atomic E-state index is 0.0328. The number of H-pyrrole nitrogens is 1. The normalized spacial score (nSPS) is 11.2. The molecule has 0 fully saturated rings. The van der Waals surface area contributed by atoms with Gasteiger partial charge in [0.05, 0.1) is 25.1 Å². The summed E-state index contributed by atoms with van der Waals surface area (Å²) >= 11 is 0. The quantitative estimate of drug-likeness (QED) is 0.421. The maximum atomic E-state index is 12.4. The average molecular weight is 394 g/mol. The first-order chi connectivity index (χ1) is 14.0. The number of aromatic hydroxyl groups is 1. The number of amides is 1. The highest BCUT2D eigenvalue weighted by Crippen LogP contribution is 2.29. The van der Waals surface area contributed by atoms with Crippen molar-refractivity contribution in [2.75, 3.05) is 13.7 Å². The number of aromatic nitrogens is 2. The number of nitrogens with zero attached hydrogens (tertiary/aromatic N) is 2. The number of hydrogen-bond acceptors (Lipinski definition) is 6. The number of rotatable bonds is 7. The van der Waals surface area contributed by atoms with Gasteiger partial charge in [-0.05, 0) is 50.2 Å². The molecule has 1 amide bonds. The first-order valence-corrected chi connectivity index (χ1v) is 9.03. The minimum Gasteiger partial charge on any atom is -0.504 e. The van der Waals surface area contributed by atoms with Gasteiger partial charge in [-0.2, -0.15) is 10.2 Å². The van der Waals surface area contributed by atoms with Crippen molar-refractivity contribution < 1.29 is 19.4 Å². The van der Waals surface area contributed by atoms with Gasteiger partial charge in [0, 0.05) is 11.1 Å². The van der Waals surface area contributed by atoms with Crippen molar-refractivity contribution in [3.8, 4) is 28.5 Å². The van der Waals surface area contributed by atoms with Gasteiger partial charge in [0.2, 0.25) is 0 Å². The van der Waals surface area contributed by atoms with Crippen molar-refractivity contribution in [1.82, 2.24) is 15.6 Å². The molecular weight excluding hydrogens is 372 g/mol. The molecule has 8 nitrogen and oxygen atoms in total. The Labute approximate surface area is 168 Å². The van der Waals surface area contributed by atoms with E-state index in [4.69, 9.17) is 9.47 Å². The summed E-state index contributed by atoms with van der Waals surface area (Å²) in [4.78, 5) is 12.4. The van der Waals surface area contributed by atoms with Crippen LogP contribution in [-0.4, -0.2) is 40.6 Å². The van der Waals surface area contributed by atoms with Crippen LogP contribution in [0.2, 0.25) is 0 Å². The van der Waals surface area contributed by atoms with E-state index in [0.717, 1.165) is 5.56 Å². The van der Waals surface area contributed by atoms with Crippen molar-refractivity contribution in [3.05, 3.63) is 59.8 Å². The topological polar surface area (TPSA) is 109 Å². The van der Waals surface area contributed by atoms with Crippen LogP contribution in [0.1, 0.15) is 29.9 Å². The van der Waals surface area contributed by atoms with E-state index in [2.05, 4.69) is 20.7 Å². The second kappa shape index (κ2) is 8.92. The number of phenols is 1. The molecule has 0 saturated carbocycles. The van der Waals surface area contributed by atoms with Crippen LogP contribution >= 0.6 is 0 Å². The predicted molar refractivity (Wildman–Crippen MR) is 110 cm³/mol. The summed E-state index contributed by atoms with van der Waals surface area (Å²) in [7, 11) is 1.46. The summed E-state index contributed by atoms with van der Waals surface area (Å²) in [5, 5.41) is 20.7. The van der Waals surface area contributed by atoms with Crippen LogP contribution in [0.5, 0.6) is 17.2 Å². The fourth-order valence-electron chi connectivity index (χ4n) is 2.70. The smallest absolute Gasteiger partial charge is 0.289 e. The fourth-order valence-corrected chi connectivity index (χ4v) is 2.70. The third kappa shape index (κ3) is 4.55. The van der Waals surface area contributed by atoms with Gasteiger partial charge in [-0.3, -0.25) is 9.89 Å². The summed E-state index contributed by atoms with van der Waals surface area (Å²) < 4.78 is 10.7. The second-order valence-electron chi connectivity index (χ2n) is 6.12. The molecule has 0 atom stereocenters. The number of aromatic amines is 1. The van der Waals surface area contributed by atoms with E-state index in [-0.39, 0.29) is 11.4 Å². The Bertz CT molecular complexity index is 1040. The lowest BCUT2D eigenvalue weighted by molar-refractivity contribution is 0.0950. The number of ether oxygens (including phenoxy) is 2. The van der Waals surface area contributed by atoms with Crippen molar-refractivity contribution in [2.45, 2.75) is 13.8 Å². The zero-order chi connectivity index (χ0) is 20.8. The highest BCUT2D eigenvalue weighted by Gasteiger charge is 2.14. The molecule has 3 rings (SSSR count). The zero-order valence-corrected chi connectivity index (χ0v) is 16.4. The van der Waals surface area contributed by atoms with E-state index in [1.807, 2.05) is 31.2 Å². The van der Waals surface area contributed by atoms with Crippen LogP contribution < -0.4 is 14.9 Å². The zero-order valence-electron chi connectivity index (χ0n) is 16.4. The van der Waals surface area contributed by atoms with Gasteiger partial charge in [0.1, 0.15) is 11.4 Å². The molecular formula is C21H22N4O4. The highest BCUT2D eigenvalue weighted by molar-refractivity contribution is 6.01. The molecule has 0 radical (unpaired) electrons. The standard InChI is InChI=1S/C21H22N4O4/c1-4-29-19-8-6-5-7-15(19)16-12-17(24-23-16)21(27)25-22-13(2)14-9-10-18(26)20(11-14)28-3/h5-12,26H,4H2,1-3H3,(H,23,24)(H,25,27)/b22-13+. The molecule has 0 aliphatic heterocycles. The highest BCUT2D eigenvalue weighted by atomic mass is 16.5.